The van der Waals surface area contributed by atoms with Crippen molar-refractivity contribution in [2.75, 3.05) is 20.3 Å². The maximum absolute atomic E-state index is 13.2. The molecule has 5 nitrogen and oxygen atoms in total. The van der Waals surface area contributed by atoms with Crippen LogP contribution in [0.3, 0.4) is 0 Å². The lowest BCUT2D eigenvalue weighted by Crippen LogP contribution is -2.56. The van der Waals surface area contributed by atoms with Gasteiger partial charge in [0, 0.05) is 13.7 Å². The molecule has 1 aliphatic heterocycles. The summed E-state index contributed by atoms with van der Waals surface area (Å²) in [7, 11) is 1.24. The minimum atomic E-state index is -4.94. The number of hydrogen-bond donors (Lipinski definition) is 1. The van der Waals surface area contributed by atoms with Crippen LogP contribution >= 0.6 is 0 Å². The van der Waals surface area contributed by atoms with E-state index >= 15 is 0 Å². The molecule has 24 heavy (non-hydrogen) atoms. The molecular weight excluding hydrogens is 334 g/mol. The Labute approximate surface area is 134 Å². The molecule has 1 amide bonds. The van der Waals surface area contributed by atoms with Crippen LogP contribution in [-0.2, 0) is 15.7 Å². The number of amides is 1. The topological polar surface area (TPSA) is 66.8 Å². The molecule has 0 radical (unpaired) electrons. The molecule has 1 unspecified atom stereocenters. The molecule has 0 aliphatic carbocycles. The number of methoxy groups -OCH3 is 1. The first-order valence-electron chi connectivity index (χ1n) is 7.04. The number of carboxylic acid groups (broad SMARTS) is 1. The van der Waals surface area contributed by atoms with E-state index in [1.807, 2.05) is 0 Å². The van der Waals surface area contributed by atoms with E-state index in [1.54, 1.807) is 0 Å². The van der Waals surface area contributed by atoms with Crippen LogP contribution in [0.15, 0.2) is 18.2 Å². The highest BCUT2D eigenvalue weighted by Gasteiger charge is 2.51. The van der Waals surface area contributed by atoms with Gasteiger partial charge in [0.05, 0.1) is 17.7 Å². The molecule has 1 aromatic rings. The van der Waals surface area contributed by atoms with Crippen LogP contribution < -0.4 is 0 Å². The Kier molecular flexibility index (Phi) is 4.84. The number of nitrogens with zero attached hydrogens (tertiary/aromatic N) is 1. The summed E-state index contributed by atoms with van der Waals surface area (Å²) in [6.07, 6.45) is -4.58. The maximum Gasteiger partial charge on any atom is 0.417 e. The zero-order valence-electron chi connectivity index (χ0n) is 12.7. The molecule has 1 N–H and O–H groups in total. The zero-order valence-corrected chi connectivity index (χ0v) is 12.7. The predicted octanol–water partition coefficient (Wildman–Crippen LogP) is 2.55. The van der Waals surface area contributed by atoms with Crippen LogP contribution in [0.25, 0.3) is 0 Å². The van der Waals surface area contributed by atoms with Crippen molar-refractivity contribution in [2.24, 2.45) is 0 Å². The standard InChI is InChI=1S/C15H15F4NO4/c1-24-8-14(13(22)23)5-2-6-20(14)12(21)10-4-3-9(16)7-11(10)15(17,18)19/h3-4,7H,2,5-6,8H2,1H3,(H,22,23). The van der Waals surface area contributed by atoms with Crippen molar-refractivity contribution in [3.05, 3.63) is 35.1 Å². The molecule has 0 spiro atoms. The Morgan fingerprint density at radius 3 is 2.58 bits per heavy atom. The van der Waals surface area contributed by atoms with Gasteiger partial charge in [-0.3, -0.25) is 4.79 Å². The Hall–Kier alpha value is -2.16. The molecule has 1 heterocycles. The molecule has 1 saturated heterocycles. The summed E-state index contributed by atoms with van der Waals surface area (Å²) in [5.74, 6) is -3.60. The Morgan fingerprint density at radius 2 is 2.04 bits per heavy atom. The van der Waals surface area contributed by atoms with Crippen LogP contribution in [0.5, 0.6) is 0 Å². The third kappa shape index (κ3) is 3.08. The van der Waals surface area contributed by atoms with E-state index in [-0.39, 0.29) is 25.6 Å². The van der Waals surface area contributed by atoms with E-state index in [9.17, 15) is 32.3 Å². The Balaban J connectivity index is 2.50. The van der Waals surface area contributed by atoms with Gasteiger partial charge in [-0.05, 0) is 31.0 Å². The number of aliphatic carboxylic acids is 1. The first kappa shape index (κ1) is 18.2. The second-order valence-corrected chi connectivity index (χ2v) is 5.52. The highest BCUT2D eigenvalue weighted by atomic mass is 19.4. The van der Waals surface area contributed by atoms with Crippen molar-refractivity contribution in [3.63, 3.8) is 0 Å². The van der Waals surface area contributed by atoms with Crippen LogP contribution in [0.4, 0.5) is 17.6 Å². The van der Waals surface area contributed by atoms with Gasteiger partial charge in [-0.2, -0.15) is 13.2 Å². The third-order valence-electron chi connectivity index (χ3n) is 4.03. The van der Waals surface area contributed by atoms with E-state index < -0.39 is 40.5 Å². The van der Waals surface area contributed by atoms with Gasteiger partial charge in [0.25, 0.3) is 5.91 Å². The molecule has 1 fully saturated rings. The van der Waals surface area contributed by atoms with Crippen LogP contribution in [0, 0.1) is 5.82 Å². The number of benzene rings is 1. The van der Waals surface area contributed by atoms with Crippen molar-refractivity contribution in [3.8, 4) is 0 Å². The minimum absolute atomic E-state index is 0.0246. The summed E-state index contributed by atoms with van der Waals surface area (Å²) < 4.78 is 57.3. The first-order chi connectivity index (χ1) is 11.1. The van der Waals surface area contributed by atoms with E-state index in [4.69, 9.17) is 4.74 Å². The third-order valence-corrected chi connectivity index (χ3v) is 4.03. The van der Waals surface area contributed by atoms with Gasteiger partial charge in [0.1, 0.15) is 5.82 Å². The van der Waals surface area contributed by atoms with Gasteiger partial charge in [0.2, 0.25) is 0 Å². The fourth-order valence-corrected chi connectivity index (χ4v) is 2.93. The van der Waals surface area contributed by atoms with E-state index in [0.29, 0.717) is 6.42 Å². The number of carbonyl (C=O) groups excluding carboxylic acids is 1. The largest absolute Gasteiger partial charge is 0.479 e. The van der Waals surface area contributed by atoms with Gasteiger partial charge in [0.15, 0.2) is 5.54 Å². The average Bonchev–Trinajstić information content (AvgIpc) is 2.91. The molecule has 132 valence electrons. The zero-order chi connectivity index (χ0) is 18.1. The summed E-state index contributed by atoms with van der Waals surface area (Å²) >= 11 is 0. The van der Waals surface area contributed by atoms with Gasteiger partial charge in [-0.25, -0.2) is 9.18 Å². The summed E-state index contributed by atoms with van der Waals surface area (Å²) in [6.45, 7) is -0.375. The summed E-state index contributed by atoms with van der Waals surface area (Å²) in [5.41, 5.74) is -3.95. The molecule has 1 aromatic carbocycles. The molecule has 1 aliphatic rings. The molecule has 0 aromatic heterocycles. The Bertz CT molecular complexity index is 661. The predicted molar refractivity (Wildman–Crippen MR) is 73.9 cm³/mol. The van der Waals surface area contributed by atoms with E-state index in [0.717, 1.165) is 17.0 Å². The highest BCUT2D eigenvalue weighted by molar-refractivity contribution is 5.99. The molecule has 0 bridgehead atoms. The van der Waals surface area contributed by atoms with Crippen molar-refractivity contribution in [2.45, 2.75) is 24.6 Å². The molecular formula is C15H15F4NO4. The lowest BCUT2D eigenvalue weighted by Gasteiger charge is -2.34. The number of halogens is 4. The van der Waals surface area contributed by atoms with E-state index in [2.05, 4.69) is 0 Å². The molecule has 0 saturated carbocycles. The monoisotopic (exact) mass is 349 g/mol. The van der Waals surface area contributed by atoms with Crippen molar-refractivity contribution >= 4 is 11.9 Å². The van der Waals surface area contributed by atoms with Gasteiger partial charge in [-0.15, -0.1) is 0 Å². The fraction of sp³-hybridized carbons (Fsp3) is 0.467. The van der Waals surface area contributed by atoms with Crippen molar-refractivity contribution in [1.82, 2.24) is 4.90 Å². The quantitative estimate of drug-likeness (QED) is 0.849. The van der Waals surface area contributed by atoms with Crippen molar-refractivity contribution in [1.29, 1.82) is 0 Å². The van der Waals surface area contributed by atoms with Gasteiger partial charge < -0.3 is 14.7 Å². The number of likely N-dealkylation sites (tertiary alicyclic amines) is 1. The minimum Gasteiger partial charge on any atom is -0.479 e. The smallest absolute Gasteiger partial charge is 0.417 e. The second kappa shape index (κ2) is 6.39. The van der Waals surface area contributed by atoms with Crippen LogP contribution in [0.1, 0.15) is 28.8 Å². The number of ether oxygens (including phenoxy) is 1. The van der Waals surface area contributed by atoms with Crippen LogP contribution in [0.2, 0.25) is 0 Å². The summed E-state index contributed by atoms with van der Waals surface area (Å²) in [5, 5.41) is 9.48. The van der Waals surface area contributed by atoms with Crippen LogP contribution in [-0.4, -0.2) is 47.7 Å². The number of carbonyl (C=O) groups is 2. The average molecular weight is 349 g/mol. The number of hydrogen-bond acceptors (Lipinski definition) is 3. The molecule has 1 atom stereocenters. The SMILES string of the molecule is COCC1(C(=O)O)CCCN1C(=O)c1ccc(F)cc1C(F)(F)F. The summed E-state index contributed by atoms with van der Waals surface area (Å²) in [4.78, 5) is 25.1. The Morgan fingerprint density at radius 1 is 1.38 bits per heavy atom. The second-order valence-electron chi connectivity index (χ2n) is 5.52. The summed E-state index contributed by atoms with van der Waals surface area (Å²) in [6, 6.07) is 1.68. The fourth-order valence-electron chi connectivity index (χ4n) is 2.93. The van der Waals surface area contributed by atoms with Gasteiger partial charge >= 0.3 is 12.1 Å². The lowest BCUT2D eigenvalue weighted by molar-refractivity contribution is -0.151. The first-order valence-corrected chi connectivity index (χ1v) is 7.04. The number of rotatable bonds is 4. The number of alkyl halides is 3. The highest BCUT2D eigenvalue weighted by Crippen LogP contribution is 2.36. The maximum atomic E-state index is 13.2. The molecule has 9 heteroatoms. The van der Waals surface area contributed by atoms with E-state index in [1.165, 1.54) is 7.11 Å². The normalized spacial score (nSPS) is 21.1. The van der Waals surface area contributed by atoms with Crippen molar-refractivity contribution < 1.29 is 37.0 Å². The molecule has 2 rings (SSSR count). The van der Waals surface area contributed by atoms with Gasteiger partial charge in [-0.1, -0.05) is 0 Å². The lowest BCUT2D eigenvalue weighted by atomic mass is 9.96. The number of carboxylic acids is 1.